The molecule has 0 spiro atoms. The van der Waals surface area contributed by atoms with E-state index in [0.717, 1.165) is 37.4 Å². The van der Waals surface area contributed by atoms with Gasteiger partial charge >= 0.3 is 0 Å². The molecule has 3 rings (SSSR count). The molecular weight excluding hydrogens is 258 g/mol. The second kappa shape index (κ2) is 5.59. The van der Waals surface area contributed by atoms with Crippen LogP contribution in [0.3, 0.4) is 0 Å². The van der Waals surface area contributed by atoms with Gasteiger partial charge in [0.15, 0.2) is 11.6 Å². The predicted molar refractivity (Wildman–Crippen MR) is 76.9 cm³/mol. The molecule has 0 amide bonds. The Morgan fingerprint density at radius 2 is 1.60 bits per heavy atom. The maximum absolute atomic E-state index is 13.3. The van der Waals surface area contributed by atoms with E-state index >= 15 is 0 Å². The van der Waals surface area contributed by atoms with E-state index in [1.54, 1.807) is 6.07 Å². The van der Waals surface area contributed by atoms with E-state index in [-0.39, 0.29) is 0 Å². The minimum absolute atomic E-state index is 0.695. The summed E-state index contributed by atoms with van der Waals surface area (Å²) in [5, 5.41) is 3.31. The Kier molecular flexibility index (Phi) is 3.65. The molecule has 0 unspecified atom stereocenters. The average Bonchev–Trinajstić information content (AvgIpc) is 2.51. The molecule has 2 aromatic rings. The molecule has 1 heterocycles. The topological polar surface area (TPSA) is 15.3 Å². The highest BCUT2D eigenvalue weighted by atomic mass is 19.2. The number of hydrogen-bond donors (Lipinski definition) is 1. The van der Waals surface area contributed by atoms with Gasteiger partial charge in [0.1, 0.15) is 0 Å². The smallest absolute Gasteiger partial charge is 0.159 e. The van der Waals surface area contributed by atoms with Crippen LogP contribution in [0.1, 0.15) is 0 Å². The van der Waals surface area contributed by atoms with Crippen LogP contribution in [0.4, 0.5) is 14.5 Å². The van der Waals surface area contributed by atoms with Crippen LogP contribution in [0.5, 0.6) is 0 Å². The molecule has 1 fully saturated rings. The van der Waals surface area contributed by atoms with Gasteiger partial charge in [-0.25, -0.2) is 8.78 Å². The zero-order chi connectivity index (χ0) is 13.9. The first-order valence-corrected chi connectivity index (χ1v) is 6.75. The molecular formula is C16H16F2N2. The summed E-state index contributed by atoms with van der Waals surface area (Å²) in [4.78, 5) is 2.29. The molecule has 1 aliphatic rings. The first-order chi connectivity index (χ1) is 9.74. The highest BCUT2D eigenvalue weighted by Crippen LogP contribution is 2.26. The molecule has 4 heteroatoms. The third-order valence-electron chi connectivity index (χ3n) is 3.58. The van der Waals surface area contributed by atoms with Gasteiger partial charge in [0, 0.05) is 31.9 Å². The van der Waals surface area contributed by atoms with E-state index in [1.807, 2.05) is 18.2 Å². The van der Waals surface area contributed by atoms with Crippen LogP contribution in [0.15, 0.2) is 42.5 Å². The van der Waals surface area contributed by atoms with Gasteiger partial charge in [0.2, 0.25) is 0 Å². The molecule has 20 heavy (non-hydrogen) atoms. The summed E-state index contributed by atoms with van der Waals surface area (Å²) >= 11 is 0. The highest BCUT2D eigenvalue weighted by molar-refractivity contribution is 5.68. The summed E-state index contributed by atoms with van der Waals surface area (Å²) in [5.74, 6) is -1.62. The maximum Gasteiger partial charge on any atom is 0.159 e. The number of piperazine rings is 1. The number of nitrogens with one attached hydrogen (secondary N) is 1. The van der Waals surface area contributed by atoms with Crippen molar-refractivity contribution in [3.63, 3.8) is 0 Å². The van der Waals surface area contributed by atoms with E-state index in [9.17, 15) is 8.78 Å². The second-order valence-corrected chi connectivity index (χ2v) is 4.92. The lowest BCUT2D eigenvalue weighted by Gasteiger charge is -2.29. The molecule has 0 bridgehead atoms. The third kappa shape index (κ3) is 2.65. The fourth-order valence-electron chi connectivity index (χ4n) is 2.48. The Bertz CT molecular complexity index is 607. The van der Waals surface area contributed by atoms with Crippen molar-refractivity contribution in [2.45, 2.75) is 0 Å². The summed E-state index contributed by atoms with van der Waals surface area (Å²) < 4.78 is 26.3. The van der Waals surface area contributed by atoms with Gasteiger partial charge < -0.3 is 10.2 Å². The summed E-state index contributed by atoms with van der Waals surface area (Å²) in [6.45, 7) is 3.85. The highest BCUT2D eigenvalue weighted by Gasteiger charge is 2.11. The van der Waals surface area contributed by atoms with Crippen LogP contribution in [-0.4, -0.2) is 26.2 Å². The minimum Gasteiger partial charge on any atom is -0.369 e. The normalized spacial score (nSPS) is 15.4. The van der Waals surface area contributed by atoms with Gasteiger partial charge in [-0.15, -0.1) is 0 Å². The molecule has 0 aliphatic carbocycles. The summed E-state index contributed by atoms with van der Waals surface area (Å²) in [6, 6.07) is 12.0. The molecule has 1 saturated heterocycles. The Balaban J connectivity index is 1.91. The third-order valence-corrected chi connectivity index (χ3v) is 3.58. The number of halogens is 2. The lowest BCUT2D eigenvalue weighted by molar-refractivity contribution is 0.509. The van der Waals surface area contributed by atoms with E-state index in [2.05, 4.69) is 16.3 Å². The summed E-state index contributed by atoms with van der Waals surface area (Å²) in [5.41, 5.74) is 2.72. The van der Waals surface area contributed by atoms with Crippen LogP contribution in [0.2, 0.25) is 0 Å². The Hall–Kier alpha value is -1.94. The van der Waals surface area contributed by atoms with Gasteiger partial charge in [-0.1, -0.05) is 18.2 Å². The van der Waals surface area contributed by atoms with Crippen molar-refractivity contribution in [1.29, 1.82) is 0 Å². The van der Waals surface area contributed by atoms with Gasteiger partial charge in [-0.2, -0.15) is 0 Å². The zero-order valence-electron chi connectivity index (χ0n) is 11.1. The molecule has 1 N–H and O–H groups in total. The van der Waals surface area contributed by atoms with E-state index in [0.29, 0.717) is 5.56 Å². The maximum atomic E-state index is 13.3. The number of benzene rings is 2. The van der Waals surface area contributed by atoms with E-state index in [1.165, 1.54) is 12.1 Å². The number of anilines is 1. The fourth-order valence-corrected chi connectivity index (χ4v) is 2.48. The van der Waals surface area contributed by atoms with E-state index in [4.69, 9.17) is 0 Å². The standard InChI is InChI=1S/C16H16F2N2/c17-15-5-4-13(11-16(15)18)12-2-1-3-14(10-12)20-8-6-19-7-9-20/h1-5,10-11,19H,6-9H2. The molecule has 104 valence electrons. The Labute approximate surface area is 117 Å². The summed E-state index contributed by atoms with van der Waals surface area (Å²) in [6.07, 6.45) is 0. The molecule has 0 atom stereocenters. The first kappa shape index (κ1) is 13.1. The fraction of sp³-hybridized carbons (Fsp3) is 0.250. The number of rotatable bonds is 2. The van der Waals surface area contributed by atoms with Crippen molar-refractivity contribution < 1.29 is 8.78 Å². The minimum atomic E-state index is -0.813. The molecule has 0 saturated carbocycles. The van der Waals surface area contributed by atoms with Gasteiger partial charge in [0.05, 0.1) is 0 Å². The lowest BCUT2D eigenvalue weighted by atomic mass is 10.0. The zero-order valence-corrected chi connectivity index (χ0v) is 11.1. The van der Waals surface area contributed by atoms with Gasteiger partial charge in [-0.05, 0) is 35.4 Å². The first-order valence-electron chi connectivity index (χ1n) is 6.75. The van der Waals surface area contributed by atoms with Crippen LogP contribution in [0, 0.1) is 11.6 Å². The largest absolute Gasteiger partial charge is 0.369 e. The second-order valence-electron chi connectivity index (χ2n) is 4.92. The van der Waals surface area contributed by atoms with Crippen LogP contribution in [0.25, 0.3) is 11.1 Å². The van der Waals surface area contributed by atoms with Crippen molar-refractivity contribution in [2.24, 2.45) is 0 Å². The Morgan fingerprint density at radius 1 is 0.850 bits per heavy atom. The SMILES string of the molecule is Fc1ccc(-c2cccc(N3CCNCC3)c2)cc1F. The quantitative estimate of drug-likeness (QED) is 0.905. The lowest BCUT2D eigenvalue weighted by Crippen LogP contribution is -2.43. The van der Waals surface area contributed by atoms with Gasteiger partial charge in [-0.3, -0.25) is 0 Å². The molecule has 1 aliphatic heterocycles. The number of hydrogen-bond acceptors (Lipinski definition) is 2. The van der Waals surface area contributed by atoms with Crippen molar-refractivity contribution in [2.75, 3.05) is 31.1 Å². The van der Waals surface area contributed by atoms with Gasteiger partial charge in [0.25, 0.3) is 0 Å². The number of nitrogens with zero attached hydrogens (tertiary/aromatic N) is 1. The molecule has 2 aromatic carbocycles. The van der Waals surface area contributed by atoms with Crippen LogP contribution in [-0.2, 0) is 0 Å². The van der Waals surface area contributed by atoms with Crippen molar-refractivity contribution in [3.8, 4) is 11.1 Å². The predicted octanol–water partition coefficient (Wildman–Crippen LogP) is 3.04. The molecule has 0 radical (unpaired) electrons. The van der Waals surface area contributed by atoms with Crippen molar-refractivity contribution >= 4 is 5.69 Å². The van der Waals surface area contributed by atoms with Crippen LogP contribution >= 0.6 is 0 Å². The van der Waals surface area contributed by atoms with Crippen molar-refractivity contribution in [3.05, 3.63) is 54.1 Å². The monoisotopic (exact) mass is 274 g/mol. The van der Waals surface area contributed by atoms with E-state index < -0.39 is 11.6 Å². The molecule has 0 aromatic heterocycles. The molecule has 2 nitrogen and oxygen atoms in total. The average molecular weight is 274 g/mol. The Morgan fingerprint density at radius 3 is 2.35 bits per heavy atom. The summed E-state index contributed by atoms with van der Waals surface area (Å²) in [7, 11) is 0. The van der Waals surface area contributed by atoms with Crippen molar-refractivity contribution in [1.82, 2.24) is 5.32 Å². The van der Waals surface area contributed by atoms with Crippen LogP contribution < -0.4 is 10.2 Å².